The number of ether oxygens (including phenoxy) is 3. The van der Waals surface area contributed by atoms with E-state index in [-0.39, 0.29) is 11.9 Å². The molecule has 1 aliphatic heterocycles. The van der Waals surface area contributed by atoms with Gasteiger partial charge in [-0.2, -0.15) is 0 Å². The molecule has 3 atom stereocenters. The van der Waals surface area contributed by atoms with Gasteiger partial charge < -0.3 is 23.6 Å². The van der Waals surface area contributed by atoms with Crippen molar-refractivity contribution in [3.8, 4) is 11.5 Å². The predicted molar refractivity (Wildman–Crippen MR) is 226 cm³/mol. The Kier molecular flexibility index (Phi) is 21.6. The number of aromatic nitrogens is 2. The number of carbonyl (C=O) groups is 2. The molecule has 2 aromatic carbocycles. The second kappa shape index (κ2) is 26.5. The number of aromatic amines is 1. The van der Waals surface area contributed by atoms with Crippen molar-refractivity contribution >= 4 is 27.6 Å². The first kappa shape index (κ1) is 49.7. The van der Waals surface area contributed by atoms with Crippen molar-refractivity contribution < 1.29 is 55.7 Å². The molecule has 0 radical (unpaired) electrons. The van der Waals surface area contributed by atoms with Gasteiger partial charge in [0.2, 0.25) is 0 Å². The van der Waals surface area contributed by atoms with Gasteiger partial charge in [-0.05, 0) is 54.3 Å². The standard InChI is InChI=1S/C43H60N2O14P2/c1-3-5-7-9-11-13-15-17-41(47)57-36-23-19-34(20-24-36)31-54-61(52,55-32-35-21-25-37(26-22-35)58-42(48)18-16-14-12-10-8-6-4-2)59-60(50,51)53-33-38-27-28-40(56-38)45-30-29-39(46)44-43(45)49/h19-30,38,40H,3-18,31-33H2,1-2H3,(H,50,51)(H,44,46,49)/p-1/t38-,40+/m0/s1. The quantitative estimate of drug-likeness (QED) is 0.0218. The number of nitrogens with zero attached hydrogens (tertiary/aromatic N) is 1. The van der Waals surface area contributed by atoms with Crippen molar-refractivity contribution in [3.05, 3.63) is 105 Å². The maximum atomic E-state index is 13.9. The summed E-state index contributed by atoms with van der Waals surface area (Å²) in [6.45, 7) is 2.85. The third kappa shape index (κ3) is 19.3. The lowest BCUT2D eigenvalue weighted by Crippen LogP contribution is -2.32. The average Bonchev–Trinajstić information content (AvgIpc) is 3.70. The normalized spacial score (nSPS) is 16.0. The molecule has 4 rings (SSSR count). The monoisotopic (exact) mass is 889 g/mol. The smallest absolute Gasteiger partial charge is 0.481 e. The van der Waals surface area contributed by atoms with E-state index in [0.717, 1.165) is 62.0 Å². The van der Waals surface area contributed by atoms with E-state index >= 15 is 0 Å². The Morgan fingerprint density at radius 2 is 1.15 bits per heavy atom. The van der Waals surface area contributed by atoms with E-state index in [0.29, 0.717) is 35.5 Å². The van der Waals surface area contributed by atoms with Gasteiger partial charge in [0.1, 0.15) is 17.6 Å². The Hall–Kier alpha value is -3.98. The van der Waals surface area contributed by atoms with E-state index in [1.54, 1.807) is 24.3 Å². The molecule has 3 aromatic rings. The van der Waals surface area contributed by atoms with Gasteiger partial charge in [-0.3, -0.25) is 37.5 Å². The summed E-state index contributed by atoms with van der Waals surface area (Å²) in [6.07, 6.45) is 17.8. The van der Waals surface area contributed by atoms with Crippen LogP contribution in [0.2, 0.25) is 0 Å². The predicted octanol–water partition coefficient (Wildman–Crippen LogP) is 9.13. The first-order valence-electron chi connectivity index (χ1n) is 21.2. The minimum Gasteiger partial charge on any atom is -0.756 e. The highest BCUT2D eigenvalue weighted by atomic mass is 31.3. The van der Waals surface area contributed by atoms with Crippen molar-refractivity contribution in [2.24, 2.45) is 0 Å². The topological polar surface area (TPSA) is 211 Å². The van der Waals surface area contributed by atoms with Crippen molar-refractivity contribution in [2.75, 3.05) is 6.61 Å². The molecule has 0 aliphatic carbocycles. The summed E-state index contributed by atoms with van der Waals surface area (Å²) in [5, 5.41) is 0. The number of benzene rings is 2. The lowest BCUT2D eigenvalue weighted by molar-refractivity contribution is -0.220. The molecule has 0 fully saturated rings. The highest BCUT2D eigenvalue weighted by Crippen LogP contribution is 2.62. The SMILES string of the molecule is CCCCCCCCCC(=O)Oc1ccc(COP(=O)(OCc2ccc(OC(=O)CCCCCCCCC)cc2)OP(=O)([O-])OC[C@@H]2C=C[C@H](n3ccc(=O)[nH]c3=O)O2)cc1. The van der Waals surface area contributed by atoms with Crippen LogP contribution in [0.5, 0.6) is 11.5 Å². The van der Waals surface area contributed by atoms with E-state index in [9.17, 15) is 33.2 Å². The minimum absolute atomic E-state index is 0.292. The summed E-state index contributed by atoms with van der Waals surface area (Å²) < 4.78 is 65.5. The van der Waals surface area contributed by atoms with Crippen LogP contribution >= 0.6 is 15.6 Å². The van der Waals surface area contributed by atoms with E-state index in [1.165, 1.54) is 81.1 Å². The summed E-state index contributed by atoms with van der Waals surface area (Å²) in [5.41, 5.74) is -0.478. The number of carbonyl (C=O) groups excluding carboxylic acids is 2. The molecule has 0 saturated heterocycles. The molecular formula is C43H59N2O14P2-. The van der Waals surface area contributed by atoms with Gasteiger partial charge >= 0.3 is 25.5 Å². The Labute approximate surface area is 357 Å². The molecule has 0 saturated carbocycles. The molecule has 336 valence electrons. The van der Waals surface area contributed by atoms with Crippen LogP contribution in [-0.2, 0) is 54.6 Å². The number of hydrogen-bond donors (Lipinski definition) is 1. The summed E-state index contributed by atoms with van der Waals surface area (Å²) in [5.74, 6) is -0.117. The van der Waals surface area contributed by atoms with Crippen LogP contribution in [0.15, 0.2) is 82.5 Å². The van der Waals surface area contributed by atoms with E-state index in [1.807, 2.05) is 0 Å². The third-order valence-corrected chi connectivity index (χ3v) is 12.5. The van der Waals surface area contributed by atoms with Crippen molar-refractivity contribution in [1.29, 1.82) is 0 Å². The van der Waals surface area contributed by atoms with Crippen LogP contribution in [0.3, 0.4) is 0 Å². The Morgan fingerprint density at radius 1 is 0.672 bits per heavy atom. The summed E-state index contributed by atoms with van der Waals surface area (Å²) >= 11 is 0. The maximum absolute atomic E-state index is 13.9. The number of rotatable bonds is 30. The summed E-state index contributed by atoms with van der Waals surface area (Å²) in [7, 11) is -10.3. The van der Waals surface area contributed by atoms with Gasteiger partial charge in [-0.1, -0.05) is 121 Å². The largest absolute Gasteiger partial charge is 0.756 e. The average molecular weight is 890 g/mol. The molecule has 16 nitrogen and oxygen atoms in total. The molecule has 1 unspecified atom stereocenters. The molecule has 1 aromatic heterocycles. The molecule has 0 bridgehead atoms. The minimum atomic E-state index is -5.41. The second-order valence-corrected chi connectivity index (χ2v) is 18.0. The van der Waals surface area contributed by atoms with Crippen LogP contribution in [0.4, 0.5) is 0 Å². The molecule has 61 heavy (non-hydrogen) atoms. The molecule has 1 aliphatic rings. The fourth-order valence-corrected chi connectivity index (χ4v) is 8.76. The van der Waals surface area contributed by atoms with Gasteiger partial charge in [0.15, 0.2) is 6.23 Å². The number of hydrogen-bond acceptors (Lipinski definition) is 14. The van der Waals surface area contributed by atoms with Crippen molar-refractivity contribution in [2.45, 2.75) is 142 Å². The Balaban J connectivity index is 1.32. The first-order valence-corrected chi connectivity index (χ1v) is 24.1. The van der Waals surface area contributed by atoms with Crippen LogP contribution in [-0.4, -0.2) is 34.2 Å². The lowest BCUT2D eigenvalue weighted by atomic mass is 10.1. The maximum Gasteiger partial charge on any atom is 0.481 e. The Morgan fingerprint density at radius 3 is 1.62 bits per heavy atom. The highest BCUT2D eigenvalue weighted by molar-refractivity contribution is 7.61. The van der Waals surface area contributed by atoms with E-state index in [2.05, 4.69) is 18.8 Å². The number of unbranched alkanes of at least 4 members (excludes halogenated alkanes) is 12. The molecule has 2 heterocycles. The van der Waals surface area contributed by atoms with Crippen LogP contribution in [0.25, 0.3) is 0 Å². The zero-order valence-corrected chi connectivity index (χ0v) is 36.9. The van der Waals surface area contributed by atoms with Crippen molar-refractivity contribution in [1.82, 2.24) is 9.55 Å². The van der Waals surface area contributed by atoms with Crippen LogP contribution in [0, 0.1) is 0 Å². The molecule has 18 heteroatoms. The first-order chi connectivity index (χ1) is 29.4. The number of esters is 2. The molecule has 0 amide bonds. The lowest BCUT2D eigenvalue weighted by Gasteiger charge is -2.28. The fourth-order valence-electron chi connectivity index (χ4n) is 6.20. The second-order valence-electron chi connectivity index (χ2n) is 14.8. The number of phosphoric acid groups is 2. The molecule has 0 spiro atoms. The van der Waals surface area contributed by atoms with E-state index in [4.69, 9.17) is 32.1 Å². The third-order valence-electron chi connectivity index (χ3n) is 9.58. The molecule has 1 N–H and O–H groups in total. The van der Waals surface area contributed by atoms with Crippen LogP contribution in [0.1, 0.15) is 134 Å². The Bertz CT molecular complexity index is 1950. The van der Waals surface area contributed by atoms with Gasteiger partial charge in [0, 0.05) is 25.1 Å². The number of phosphoric ester groups is 2. The van der Waals surface area contributed by atoms with Gasteiger partial charge in [-0.25, -0.2) is 13.7 Å². The summed E-state index contributed by atoms with van der Waals surface area (Å²) in [6, 6.07) is 13.5. The molecular weight excluding hydrogens is 830 g/mol. The fraction of sp³-hybridized carbons (Fsp3) is 0.535. The number of H-pyrrole nitrogens is 1. The van der Waals surface area contributed by atoms with Gasteiger partial charge in [-0.15, -0.1) is 0 Å². The van der Waals surface area contributed by atoms with Gasteiger partial charge in [0.05, 0.1) is 19.8 Å². The summed E-state index contributed by atoms with van der Waals surface area (Å²) in [4.78, 5) is 63.5. The number of nitrogens with one attached hydrogen (secondary N) is 1. The zero-order chi connectivity index (χ0) is 43.9. The van der Waals surface area contributed by atoms with E-state index < -0.39 is 59.0 Å². The van der Waals surface area contributed by atoms with Gasteiger partial charge in [0.25, 0.3) is 13.4 Å². The van der Waals surface area contributed by atoms with Crippen molar-refractivity contribution in [3.63, 3.8) is 0 Å². The van der Waals surface area contributed by atoms with Crippen LogP contribution < -0.4 is 25.6 Å². The zero-order valence-electron chi connectivity index (χ0n) is 35.1. The highest BCUT2D eigenvalue weighted by Gasteiger charge is 2.34.